The minimum Gasteiger partial charge on any atom is -0.339 e. The fraction of sp³-hybridized carbons (Fsp3) is 0.375. The summed E-state index contributed by atoms with van der Waals surface area (Å²) in [6.07, 6.45) is 1.76. The molecule has 1 rings (SSSR count). The molecular weight excluding hydrogens is 252 g/mol. The topological polar surface area (TPSA) is 49.4 Å². The summed E-state index contributed by atoms with van der Waals surface area (Å²) in [5.41, 5.74) is 1.98. The minimum atomic E-state index is -0.129. The summed E-state index contributed by atoms with van der Waals surface area (Å²) in [6, 6.07) is 6.97. The molecule has 1 aromatic carbocycles. The molecule has 0 aliphatic carbocycles. The number of amides is 2. The summed E-state index contributed by atoms with van der Waals surface area (Å²) in [7, 11) is 0. The Morgan fingerprint density at radius 1 is 1.15 bits per heavy atom. The number of anilines is 1. The first-order valence-corrected chi connectivity index (χ1v) is 6.87. The Hall–Kier alpha value is -2.10. The summed E-state index contributed by atoms with van der Waals surface area (Å²) < 4.78 is 0. The summed E-state index contributed by atoms with van der Waals surface area (Å²) in [5, 5.41) is 2.78. The van der Waals surface area contributed by atoms with Crippen molar-refractivity contribution in [3.63, 3.8) is 0 Å². The second-order valence-corrected chi connectivity index (χ2v) is 4.48. The lowest BCUT2D eigenvalue weighted by Gasteiger charge is -2.18. The molecule has 0 radical (unpaired) electrons. The van der Waals surface area contributed by atoms with Gasteiger partial charge >= 0.3 is 0 Å². The maximum Gasteiger partial charge on any atom is 0.253 e. The zero-order valence-corrected chi connectivity index (χ0v) is 12.6. The predicted molar refractivity (Wildman–Crippen MR) is 81.8 cm³/mol. The fourth-order valence-corrected chi connectivity index (χ4v) is 1.75. The highest BCUT2D eigenvalue weighted by Gasteiger charge is 2.12. The average Bonchev–Trinajstić information content (AvgIpc) is 2.48. The fourth-order valence-electron chi connectivity index (χ4n) is 1.75. The van der Waals surface area contributed by atoms with Crippen LogP contribution in [0, 0.1) is 0 Å². The number of benzene rings is 1. The van der Waals surface area contributed by atoms with Gasteiger partial charge in [0, 0.05) is 29.9 Å². The Morgan fingerprint density at radius 3 is 2.15 bits per heavy atom. The highest BCUT2D eigenvalue weighted by Crippen LogP contribution is 2.12. The van der Waals surface area contributed by atoms with Gasteiger partial charge < -0.3 is 10.2 Å². The van der Waals surface area contributed by atoms with Gasteiger partial charge in [-0.2, -0.15) is 0 Å². The molecular formula is C16H22N2O2. The smallest absolute Gasteiger partial charge is 0.253 e. The molecule has 0 fully saturated rings. The number of hydrogen-bond donors (Lipinski definition) is 1. The molecule has 0 aromatic heterocycles. The standard InChI is InChI=1S/C16H22N2O2/c1-5-12(4)15(19)17-14-10-8-13(9-11-14)16(20)18(6-2)7-3/h5,8-11H,6-7H2,1-4H3,(H,17,19)/b12-5+. The van der Waals surface area contributed by atoms with Gasteiger partial charge in [-0.3, -0.25) is 9.59 Å². The molecule has 20 heavy (non-hydrogen) atoms. The third kappa shape index (κ3) is 3.95. The van der Waals surface area contributed by atoms with E-state index in [1.54, 1.807) is 42.2 Å². The number of allylic oxidation sites excluding steroid dienone is 1. The van der Waals surface area contributed by atoms with Crippen LogP contribution < -0.4 is 5.32 Å². The van der Waals surface area contributed by atoms with Crippen molar-refractivity contribution in [3.8, 4) is 0 Å². The highest BCUT2D eigenvalue weighted by atomic mass is 16.2. The van der Waals surface area contributed by atoms with Crippen LogP contribution >= 0.6 is 0 Å². The summed E-state index contributed by atoms with van der Waals surface area (Å²) in [4.78, 5) is 25.6. The van der Waals surface area contributed by atoms with Gasteiger partial charge in [-0.05, 0) is 52.0 Å². The molecule has 0 bridgehead atoms. The van der Waals surface area contributed by atoms with Crippen molar-refractivity contribution >= 4 is 17.5 Å². The Balaban J connectivity index is 2.79. The lowest BCUT2D eigenvalue weighted by Crippen LogP contribution is -2.30. The van der Waals surface area contributed by atoms with Crippen molar-refractivity contribution in [1.82, 2.24) is 4.90 Å². The lowest BCUT2D eigenvalue weighted by atomic mass is 10.1. The number of nitrogens with zero attached hydrogens (tertiary/aromatic N) is 1. The molecule has 0 aliphatic heterocycles. The predicted octanol–water partition coefficient (Wildman–Crippen LogP) is 3.07. The van der Waals surface area contributed by atoms with Crippen LogP contribution in [0.1, 0.15) is 38.1 Å². The molecule has 108 valence electrons. The molecule has 0 unspecified atom stereocenters. The molecule has 0 saturated heterocycles. The van der Waals surface area contributed by atoms with Crippen LogP contribution in [0.15, 0.2) is 35.9 Å². The van der Waals surface area contributed by atoms with E-state index in [1.165, 1.54) is 0 Å². The van der Waals surface area contributed by atoms with Gasteiger partial charge in [-0.15, -0.1) is 0 Å². The molecule has 0 saturated carbocycles. The van der Waals surface area contributed by atoms with Gasteiger partial charge in [0.05, 0.1) is 0 Å². The zero-order chi connectivity index (χ0) is 15.1. The van der Waals surface area contributed by atoms with Crippen molar-refractivity contribution in [2.45, 2.75) is 27.7 Å². The van der Waals surface area contributed by atoms with Crippen LogP contribution in [-0.4, -0.2) is 29.8 Å². The van der Waals surface area contributed by atoms with E-state index >= 15 is 0 Å². The minimum absolute atomic E-state index is 0.0116. The number of carbonyl (C=O) groups excluding carboxylic acids is 2. The zero-order valence-electron chi connectivity index (χ0n) is 12.6. The average molecular weight is 274 g/mol. The van der Waals surface area contributed by atoms with E-state index in [0.29, 0.717) is 29.9 Å². The SMILES string of the molecule is C/C=C(\C)C(=O)Nc1ccc(C(=O)N(CC)CC)cc1. The number of hydrogen-bond acceptors (Lipinski definition) is 2. The van der Waals surface area contributed by atoms with E-state index in [4.69, 9.17) is 0 Å². The molecule has 0 spiro atoms. The quantitative estimate of drug-likeness (QED) is 0.839. The van der Waals surface area contributed by atoms with Crippen LogP contribution in [0.4, 0.5) is 5.69 Å². The number of carbonyl (C=O) groups is 2. The molecule has 4 heteroatoms. The van der Waals surface area contributed by atoms with Crippen molar-refractivity contribution in [2.24, 2.45) is 0 Å². The van der Waals surface area contributed by atoms with E-state index in [0.717, 1.165) is 0 Å². The molecule has 0 atom stereocenters. The normalized spacial score (nSPS) is 11.1. The van der Waals surface area contributed by atoms with Gasteiger partial charge in [-0.1, -0.05) is 6.08 Å². The van der Waals surface area contributed by atoms with Gasteiger partial charge in [0.1, 0.15) is 0 Å². The second kappa shape index (κ2) is 7.48. The Bertz CT molecular complexity index is 500. The van der Waals surface area contributed by atoms with Crippen molar-refractivity contribution < 1.29 is 9.59 Å². The first-order valence-electron chi connectivity index (χ1n) is 6.87. The molecule has 1 aromatic rings. The Labute approximate surface area is 120 Å². The maximum atomic E-state index is 12.1. The van der Waals surface area contributed by atoms with Crippen LogP contribution in [-0.2, 0) is 4.79 Å². The van der Waals surface area contributed by atoms with E-state index < -0.39 is 0 Å². The van der Waals surface area contributed by atoms with Gasteiger partial charge in [0.15, 0.2) is 0 Å². The summed E-state index contributed by atoms with van der Waals surface area (Å²) in [5.74, 6) is -0.118. The van der Waals surface area contributed by atoms with Gasteiger partial charge in [0.25, 0.3) is 11.8 Å². The molecule has 0 heterocycles. The number of nitrogens with one attached hydrogen (secondary N) is 1. The second-order valence-electron chi connectivity index (χ2n) is 4.48. The van der Waals surface area contributed by atoms with Crippen molar-refractivity contribution in [1.29, 1.82) is 0 Å². The molecule has 2 amide bonds. The Morgan fingerprint density at radius 2 is 1.70 bits per heavy atom. The number of rotatable bonds is 5. The van der Waals surface area contributed by atoms with E-state index in [9.17, 15) is 9.59 Å². The van der Waals surface area contributed by atoms with Gasteiger partial charge in [0.2, 0.25) is 0 Å². The molecule has 4 nitrogen and oxygen atoms in total. The third-order valence-corrected chi connectivity index (χ3v) is 3.23. The maximum absolute atomic E-state index is 12.1. The lowest BCUT2D eigenvalue weighted by molar-refractivity contribution is -0.112. The van der Waals surface area contributed by atoms with Crippen molar-refractivity contribution in [3.05, 3.63) is 41.5 Å². The van der Waals surface area contributed by atoms with Crippen molar-refractivity contribution in [2.75, 3.05) is 18.4 Å². The van der Waals surface area contributed by atoms with E-state index in [1.807, 2.05) is 20.8 Å². The highest BCUT2D eigenvalue weighted by molar-refractivity contribution is 6.03. The summed E-state index contributed by atoms with van der Waals surface area (Å²) in [6.45, 7) is 8.86. The van der Waals surface area contributed by atoms with E-state index in [-0.39, 0.29) is 11.8 Å². The first-order chi connectivity index (χ1) is 9.53. The van der Waals surface area contributed by atoms with Crippen LogP contribution in [0.25, 0.3) is 0 Å². The largest absolute Gasteiger partial charge is 0.339 e. The molecule has 1 N–H and O–H groups in total. The third-order valence-electron chi connectivity index (χ3n) is 3.23. The Kier molecular flexibility index (Phi) is 5.97. The van der Waals surface area contributed by atoms with Crippen LogP contribution in [0.5, 0.6) is 0 Å². The molecule has 0 aliphatic rings. The first kappa shape index (κ1) is 16.0. The van der Waals surface area contributed by atoms with Gasteiger partial charge in [-0.25, -0.2) is 0 Å². The van der Waals surface area contributed by atoms with Crippen LogP contribution in [0.3, 0.4) is 0 Å². The summed E-state index contributed by atoms with van der Waals surface area (Å²) >= 11 is 0. The van der Waals surface area contributed by atoms with Crippen LogP contribution in [0.2, 0.25) is 0 Å². The monoisotopic (exact) mass is 274 g/mol. The van der Waals surface area contributed by atoms with E-state index in [2.05, 4.69) is 5.32 Å².